The summed E-state index contributed by atoms with van der Waals surface area (Å²) in [4.78, 5) is 50.6. The molecule has 4 aromatic rings. The first kappa shape index (κ1) is 24.0. The summed E-state index contributed by atoms with van der Waals surface area (Å²) in [5.74, 6) is 0.265. The van der Waals surface area contributed by atoms with Gasteiger partial charge in [-0.2, -0.15) is 4.99 Å². The summed E-state index contributed by atoms with van der Waals surface area (Å²) >= 11 is 1.26. The van der Waals surface area contributed by atoms with Crippen molar-refractivity contribution < 1.29 is 14.3 Å². The van der Waals surface area contributed by atoms with E-state index in [1.807, 2.05) is 6.07 Å². The molecule has 12 heteroatoms. The molecule has 37 heavy (non-hydrogen) atoms. The Hall–Kier alpha value is -4.71. The van der Waals surface area contributed by atoms with Gasteiger partial charge in [0.05, 0.1) is 18.5 Å². The highest BCUT2D eigenvalue weighted by Gasteiger charge is 2.58. The molecule has 5 rings (SSSR count). The molecule has 0 bridgehead atoms. The Morgan fingerprint density at radius 1 is 1.03 bits per heavy atom. The predicted octanol–water partition coefficient (Wildman–Crippen LogP) is 2.97. The summed E-state index contributed by atoms with van der Waals surface area (Å²) in [5.41, 5.74) is -0.115. The number of nitrogens with zero attached hydrogens (tertiary/aromatic N) is 6. The lowest BCUT2D eigenvalue weighted by molar-refractivity contribution is -0.120. The topological polar surface area (TPSA) is 135 Å². The number of amides is 3. The van der Waals surface area contributed by atoms with Crippen molar-refractivity contribution in [2.75, 3.05) is 18.6 Å². The van der Waals surface area contributed by atoms with Crippen LogP contribution >= 0.6 is 11.3 Å². The van der Waals surface area contributed by atoms with Crippen molar-refractivity contribution in [1.29, 1.82) is 0 Å². The molecular formula is C25H22N8O3S. The van der Waals surface area contributed by atoms with E-state index in [0.717, 1.165) is 0 Å². The quantitative estimate of drug-likeness (QED) is 0.401. The van der Waals surface area contributed by atoms with E-state index in [1.165, 1.54) is 18.4 Å². The van der Waals surface area contributed by atoms with Crippen molar-refractivity contribution in [3.05, 3.63) is 83.1 Å². The number of ether oxygens (including phenoxy) is 1. The van der Waals surface area contributed by atoms with Gasteiger partial charge in [0.2, 0.25) is 17.4 Å². The van der Waals surface area contributed by atoms with Crippen molar-refractivity contribution in [1.82, 2.24) is 30.6 Å². The molecule has 0 aromatic carbocycles. The summed E-state index contributed by atoms with van der Waals surface area (Å²) in [6.45, 7) is 2.19. The van der Waals surface area contributed by atoms with Crippen LogP contribution in [0, 0.1) is 0 Å². The highest BCUT2D eigenvalue weighted by Crippen LogP contribution is 2.44. The average molecular weight is 515 g/mol. The van der Waals surface area contributed by atoms with Crippen molar-refractivity contribution >= 4 is 35.1 Å². The maximum atomic E-state index is 13.9. The van der Waals surface area contributed by atoms with E-state index in [-0.39, 0.29) is 5.96 Å². The normalized spacial score (nSPS) is 16.9. The number of rotatable bonds is 6. The number of guanidine groups is 1. The summed E-state index contributed by atoms with van der Waals surface area (Å²) in [6, 6.07) is 15.4. The van der Waals surface area contributed by atoms with Gasteiger partial charge in [-0.1, -0.05) is 18.2 Å². The molecule has 4 aromatic heterocycles. The van der Waals surface area contributed by atoms with Crippen LogP contribution < -0.4 is 20.3 Å². The third-order valence-electron chi connectivity index (χ3n) is 5.55. The van der Waals surface area contributed by atoms with Crippen molar-refractivity contribution in [2.45, 2.75) is 12.5 Å². The molecule has 186 valence electrons. The van der Waals surface area contributed by atoms with Crippen molar-refractivity contribution in [3.63, 3.8) is 0 Å². The first-order chi connectivity index (χ1) is 18.1. The molecule has 2 N–H and O–H groups in total. The van der Waals surface area contributed by atoms with E-state index in [4.69, 9.17) is 9.72 Å². The van der Waals surface area contributed by atoms with Gasteiger partial charge < -0.3 is 10.1 Å². The fourth-order valence-electron chi connectivity index (χ4n) is 3.96. The van der Waals surface area contributed by atoms with Crippen LogP contribution in [-0.4, -0.2) is 51.5 Å². The molecule has 1 aliphatic rings. The first-order valence-electron chi connectivity index (χ1n) is 11.4. The Morgan fingerprint density at radius 3 is 2.54 bits per heavy atom. The predicted molar refractivity (Wildman–Crippen MR) is 138 cm³/mol. The van der Waals surface area contributed by atoms with Crippen LogP contribution in [0.5, 0.6) is 5.88 Å². The second-order valence-electron chi connectivity index (χ2n) is 7.78. The number of anilines is 1. The minimum Gasteiger partial charge on any atom is -0.481 e. The number of hydrogen-bond donors (Lipinski definition) is 2. The Balaban J connectivity index is 1.71. The van der Waals surface area contributed by atoms with E-state index < -0.39 is 17.5 Å². The van der Waals surface area contributed by atoms with E-state index >= 15 is 0 Å². The van der Waals surface area contributed by atoms with Gasteiger partial charge in [-0.25, -0.2) is 19.7 Å². The van der Waals surface area contributed by atoms with Gasteiger partial charge in [0.15, 0.2) is 0 Å². The fourth-order valence-corrected chi connectivity index (χ4v) is 4.97. The Bertz CT molecular complexity index is 1460. The van der Waals surface area contributed by atoms with Gasteiger partial charge in [0.1, 0.15) is 16.5 Å². The van der Waals surface area contributed by atoms with Crippen molar-refractivity contribution in [3.8, 4) is 17.3 Å². The molecule has 1 atom stereocenters. The zero-order valence-electron chi connectivity index (χ0n) is 20.0. The van der Waals surface area contributed by atoms with Gasteiger partial charge in [-0.15, -0.1) is 11.3 Å². The number of methoxy groups -OCH3 is 1. The lowest BCUT2D eigenvalue weighted by Gasteiger charge is -2.35. The summed E-state index contributed by atoms with van der Waals surface area (Å²) < 4.78 is 5.25. The molecule has 5 heterocycles. The molecule has 3 amide bonds. The number of pyridine rings is 3. The average Bonchev–Trinajstić information content (AvgIpc) is 3.53. The van der Waals surface area contributed by atoms with Gasteiger partial charge in [0, 0.05) is 30.4 Å². The second-order valence-corrected chi connectivity index (χ2v) is 8.63. The van der Waals surface area contributed by atoms with Crippen LogP contribution in [-0.2, 0) is 10.3 Å². The molecule has 1 unspecified atom stereocenters. The van der Waals surface area contributed by atoms with Gasteiger partial charge in [-0.05, 0) is 37.3 Å². The number of carbonyl (C=O) groups excluding carboxylic acids is 2. The van der Waals surface area contributed by atoms with Gasteiger partial charge >= 0.3 is 6.03 Å². The second kappa shape index (κ2) is 10.1. The standard InChI is InChI=1S/C25H22N8O3S/c1-3-26-24(35)32-23-31-21(34)25(18-10-4-6-13-27-18,33(23)19-11-5-7-14-28-19)22-30-17(15-37-22)16-9-8-12-20(29-16)36-2/h4-15H,3H2,1-2H3,(H2,26,31,32,34,35). The molecule has 11 nitrogen and oxygen atoms in total. The van der Waals surface area contributed by atoms with Crippen LogP contribution in [0.3, 0.4) is 0 Å². The third kappa shape index (κ3) is 4.27. The molecule has 0 saturated carbocycles. The smallest absolute Gasteiger partial charge is 0.321 e. The van der Waals surface area contributed by atoms with Crippen LogP contribution in [0.2, 0.25) is 0 Å². The molecule has 0 fully saturated rings. The maximum Gasteiger partial charge on any atom is 0.321 e. The van der Waals surface area contributed by atoms with Crippen LogP contribution in [0.25, 0.3) is 11.4 Å². The minimum atomic E-state index is -1.62. The van der Waals surface area contributed by atoms with Gasteiger partial charge in [0.25, 0.3) is 5.91 Å². The highest BCUT2D eigenvalue weighted by atomic mass is 32.1. The van der Waals surface area contributed by atoms with E-state index in [2.05, 4.69) is 30.6 Å². The third-order valence-corrected chi connectivity index (χ3v) is 6.50. The summed E-state index contributed by atoms with van der Waals surface area (Å²) in [6.07, 6.45) is 3.19. The van der Waals surface area contributed by atoms with E-state index in [1.54, 1.807) is 78.1 Å². The lowest BCUT2D eigenvalue weighted by Crippen LogP contribution is -2.56. The molecule has 0 aliphatic carbocycles. The summed E-state index contributed by atoms with van der Waals surface area (Å²) in [5, 5.41) is 7.55. The zero-order valence-corrected chi connectivity index (χ0v) is 20.8. The van der Waals surface area contributed by atoms with Crippen LogP contribution in [0.15, 0.2) is 77.4 Å². The van der Waals surface area contributed by atoms with Crippen molar-refractivity contribution in [2.24, 2.45) is 4.99 Å². The Labute approximate surface area is 216 Å². The number of thiazole rings is 1. The number of aromatic nitrogens is 4. The van der Waals surface area contributed by atoms with E-state index in [0.29, 0.717) is 40.3 Å². The monoisotopic (exact) mass is 514 g/mol. The van der Waals surface area contributed by atoms with Gasteiger partial charge in [-0.3, -0.25) is 20.0 Å². The number of nitrogens with one attached hydrogen (secondary N) is 2. The summed E-state index contributed by atoms with van der Waals surface area (Å²) in [7, 11) is 1.54. The number of carbonyl (C=O) groups is 2. The highest BCUT2D eigenvalue weighted by molar-refractivity contribution is 7.10. The lowest BCUT2D eigenvalue weighted by atomic mass is 9.92. The Kier molecular flexibility index (Phi) is 6.56. The zero-order chi connectivity index (χ0) is 25.8. The van der Waals surface area contributed by atoms with Crippen LogP contribution in [0.4, 0.5) is 10.6 Å². The molecule has 1 aliphatic heterocycles. The molecular weight excluding hydrogens is 492 g/mol. The maximum absolute atomic E-state index is 13.9. The van der Waals surface area contributed by atoms with E-state index in [9.17, 15) is 9.59 Å². The largest absolute Gasteiger partial charge is 0.481 e. The molecule has 0 saturated heterocycles. The number of hydrogen-bond acceptors (Lipinski definition) is 9. The first-order valence-corrected chi connectivity index (χ1v) is 12.2. The molecule has 0 spiro atoms. The minimum absolute atomic E-state index is 0.0107. The SMILES string of the molecule is CCNC(=O)NC1=NC(=O)C(c2ccccn2)(c2nc(-c3cccc(OC)n3)cs2)N1c1ccccn1. The van der Waals surface area contributed by atoms with Crippen LogP contribution in [0.1, 0.15) is 17.6 Å². The molecule has 0 radical (unpaired) electrons. The Morgan fingerprint density at radius 2 is 1.84 bits per heavy atom. The fraction of sp³-hybridized carbons (Fsp3) is 0.160. The number of urea groups is 1. The number of aliphatic imine (C=N–C) groups is 1.